The molecule has 1 amide bonds. The Labute approximate surface area is 148 Å². The van der Waals surface area contributed by atoms with Crippen molar-refractivity contribution in [2.24, 2.45) is 0 Å². The zero-order chi connectivity index (χ0) is 19.2. The van der Waals surface area contributed by atoms with Crippen LogP contribution in [-0.4, -0.2) is 74.2 Å². The lowest BCUT2D eigenvalue weighted by molar-refractivity contribution is -0.114. The summed E-state index contributed by atoms with van der Waals surface area (Å²) in [6.07, 6.45) is -2.51. The standard InChI is InChI=1S/C15H21FN6O4/c1-7(24)18-14-19-11(21(3)4)9-12(20-14)22(6-17-9)13-15(2,16)10(25)8(5-23)26-13/h6,8,10,13,23,25H,5H2,1-4H3,(H,18,19,20,24)/t8-,10-,13-,15-/m1/s1. The summed E-state index contributed by atoms with van der Waals surface area (Å²) in [7, 11) is 3.49. The van der Waals surface area contributed by atoms with Gasteiger partial charge in [-0.1, -0.05) is 0 Å². The van der Waals surface area contributed by atoms with Gasteiger partial charge in [0.2, 0.25) is 11.9 Å². The third-order valence-corrected chi connectivity index (χ3v) is 4.26. The van der Waals surface area contributed by atoms with E-state index < -0.39 is 30.7 Å². The predicted octanol–water partition coefficient (Wildman–Crippen LogP) is -0.170. The zero-order valence-corrected chi connectivity index (χ0v) is 14.8. The highest BCUT2D eigenvalue weighted by Gasteiger charge is 2.55. The minimum atomic E-state index is -2.18. The second-order valence-corrected chi connectivity index (χ2v) is 6.58. The molecular weight excluding hydrogens is 347 g/mol. The number of ether oxygens (including phenoxy) is 1. The highest BCUT2D eigenvalue weighted by molar-refractivity contribution is 5.90. The number of nitrogens with one attached hydrogen (secondary N) is 1. The van der Waals surface area contributed by atoms with Gasteiger partial charge in [0.15, 0.2) is 28.9 Å². The van der Waals surface area contributed by atoms with Gasteiger partial charge in [-0.25, -0.2) is 9.37 Å². The van der Waals surface area contributed by atoms with E-state index in [-0.39, 0.29) is 17.5 Å². The van der Waals surface area contributed by atoms with Crippen molar-refractivity contribution in [2.75, 3.05) is 30.9 Å². The molecule has 0 aliphatic carbocycles. The van der Waals surface area contributed by atoms with E-state index in [4.69, 9.17) is 4.74 Å². The van der Waals surface area contributed by atoms with E-state index in [0.29, 0.717) is 11.3 Å². The molecule has 1 saturated heterocycles. The molecule has 0 saturated carbocycles. The van der Waals surface area contributed by atoms with Gasteiger partial charge in [-0.05, 0) is 6.92 Å². The van der Waals surface area contributed by atoms with Gasteiger partial charge in [-0.15, -0.1) is 0 Å². The number of nitrogens with zero attached hydrogens (tertiary/aromatic N) is 5. The maximum atomic E-state index is 15.1. The van der Waals surface area contributed by atoms with Crippen molar-refractivity contribution >= 4 is 28.8 Å². The molecule has 26 heavy (non-hydrogen) atoms. The molecule has 0 unspecified atom stereocenters. The van der Waals surface area contributed by atoms with E-state index in [1.165, 1.54) is 24.7 Å². The first-order valence-electron chi connectivity index (χ1n) is 7.99. The number of aliphatic hydroxyl groups excluding tert-OH is 2. The highest BCUT2D eigenvalue weighted by atomic mass is 19.1. The average molecular weight is 368 g/mol. The fraction of sp³-hybridized carbons (Fsp3) is 0.600. The Kier molecular flexibility index (Phi) is 4.54. The molecule has 3 heterocycles. The number of hydrogen-bond acceptors (Lipinski definition) is 8. The first kappa shape index (κ1) is 18.4. The van der Waals surface area contributed by atoms with E-state index in [1.54, 1.807) is 19.0 Å². The van der Waals surface area contributed by atoms with E-state index >= 15 is 4.39 Å². The number of aromatic nitrogens is 4. The van der Waals surface area contributed by atoms with E-state index in [9.17, 15) is 15.0 Å². The van der Waals surface area contributed by atoms with Crippen LogP contribution in [0.15, 0.2) is 6.33 Å². The number of aliphatic hydroxyl groups is 2. The predicted molar refractivity (Wildman–Crippen MR) is 90.5 cm³/mol. The summed E-state index contributed by atoms with van der Waals surface area (Å²) >= 11 is 0. The Morgan fingerprint density at radius 1 is 1.50 bits per heavy atom. The van der Waals surface area contributed by atoms with Crippen LogP contribution in [0.25, 0.3) is 11.2 Å². The van der Waals surface area contributed by atoms with Crippen molar-refractivity contribution in [3.63, 3.8) is 0 Å². The van der Waals surface area contributed by atoms with Crippen molar-refractivity contribution in [3.8, 4) is 0 Å². The molecule has 142 valence electrons. The van der Waals surface area contributed by atoms with Crippen LogP contribution >= 0.6 is 0 Å². The van der Waals surface area contributed by atoms with Gasteiger partial charge in [0.05, 0.1) is 12.9 Å². The molecule has 0 spiro atoms. The van der Waals surface area contributed by atoms with Crippen LogP contribution in [0.3, 0.4) is 0 Å². The Balaban J connectivity index is 2.15. The third kappa shape index (κ3) is 2.87. The number of halogens is 1. The second kappa shape index (κ2) is 6.41. The highest BCUT2D eigenvalue weighted by Crippen LogP contribution is 2.42. The summed E-state index contributed by atoms with van der Waals surface area (Å²) in [5, 5.41) is 21.9. The molecule has 3 N–H and O–H groups in total. The van der Waals surface area contributed by atoms with Gasteiger partial charge >= 0.3 is 0 Å². The second-order valence-electron chi connectivity index (χ2n) is 6.58. The molecule has 0 radical (unpaired) electrons. The van der Waals surface area contributed by atoms with Gasteiger partial charge < -0.3 is 19.8 Å². The third-order valence-electron chi connectivity index (χ3n) is 4.26. The number of imidazole rings is 1. The minimum absolute atomic E-state index is 0.0354. The minimum Gasteiger partial charge on any atom is -0.394 e. The number of amides is 1. The number of hydrogen-bond donors (Lipinski definition) is 3. The summed E-state index contributed by atoms with van der Waals surface area (Å²) in [6, 6.07) is 0. The van der Waals surface area contributed by atoms with Crippen LogP contribution in [0.2, 0.25) is 0 Å². The topological polar surface area (TPSA) is 126 Å². The van der Waals surface area contributed by atoms with Crippen LogP contribution < -0.4 is 10.2 Å². The number of carbonyl (C=O) groups is 1. The molecule has 2 aromatic heterocycles. The van der Waals surface area contributed by atoms with Crippen LogP contribution in [0, 0.1) is 0 Å². The zero-order valence-electron chi connectivity index (χ0n) is 14.8. The molecule has 1 aliphatic heterocycles. The molecule has 4 atom stereocenters. The summed E-state index contributed by atoms with van der Waals surface area (Å²) in [5.74, 6) is 0.104. The van der Waals surface area contributed by atoms with Crippen molar-refractivity contribution in [2.45, 2.75) is 38.0 Å². The van der Waals surface area contributed by atoms with Crippen molar-refractivity contribution in [3.05, 3.63) is 6.33 Å². The largest absolute Gasteiger partial charge is 0.394 e. The van der Waals surface area contributed by atoms with Gasteiger partial charge in [0.25, 0.3) is 0 Å². The molecule has 11 heteroatoms. The Morgan fingerprint density at radius 3 is 2.73 bits per heavy atom. The lowest BCUT2D eigenvalue weighted by Crippen LogP contribution is -2.40. The van der Waals surface area contributed by atoms with Gasteiger partial charge in [-0.2, -0.15) is 9.97 Å². The molecule has 3 rings (SSSR count). The first-order valence-corrected chi connectivity index (χ1v) is 7.99. The monoisotopic (exact) mass is 368 g/mol. The number of rotatable bonds is 4. The molecule has 1 fully saturated rings. The van der Waals surface area contributed by atoms with Crippen LogP contribution in [0.4, 0.5) is 16.2 Å². The van der Waals surface area contributed by atoms with Crippen LogP contribution in [-0.2, 0) is 9.53 Å². The average Bonchev–Trinajstić information content (AvgIpc) is 3.05. The number of fused-ring (bicyclic) bond motifs is 1. The van der Waals surface area contributed by atoms with E-state index in [1.807, 2.05) is 0 Å². The van der Waals surface area contributed by atoms with Gasteiger partial charge in [-0.3, -0.25) is 14.7 Å². The molecule has 2 aromatic rings. The van der Waals surface area contributed by atoms with Crippen LogP contribution in [0.1, 0.15) is 20.1 Å². The summed E-state index contributed by atoms with van der Waals surface area (Å²) in [4.78, 5) is 25.8. The number of carbonyl (C=O) groups excluding carboxylic acids is 1. The van der Waals surface area contributed by atoms with Crippen molar-refractivity contribution < 1.29 is 24.1 Å². The van der Waals surface area contributed by atoms with Crippen molar-refractivity contribution in [1.29, 1.82) is 0 Å². The Hall–Kier alpha value is -2.37. The number of alkyl halides is 1. The number of anilines is 2. The molecule has 0 aromatic carbocycles. The molecule has 0 bridgehead atoms. The Morgan fingerprint density at radius 2 is 2.19 bits per heavy atom. The maximum Gasteiger partial charge on any atom is 0.233 e. The van der Waals surface area contributed by atoms with E-state index in [0.717, 1.165) is 0 Å². The summed E-state index contributed by atoms with van der Waals surface area (Å²) in [5.41, 5.74) is -1.57. The molecule has 1 aliphatic rings. The fourth-order valence-corrected chi connectivity index (χ4v) is 2.96. The smallest absolute Gasteiger partial charge is 0.233 e. The lowest BCUT2D eigenvalue weighted by atomic mass is 9.98. The quantitative estimate of drug-likeness (QED) is 0.679. The first-order chi connectivity index (χ1) is 12.2. The normalized spacial score (nSPS) is 28.5. The van der Waals surface area contributed by atoms with Gasteiger partial charge in [0, 0.05) is 21.0 Å². The lowest BCUT2D eigenvalue weighted by Gasteiger charge is -2.24. The Bertz CT molecular complexity index is 839. The SMILES string of the molecule is CC(=O)Nc1nc(N(C)C)c2ncn([C@@H]3O[C@H](CO)[C@@H](O)[C@@]3(C)F)c2n1. The fourth-order valence-electron chi connectivity index (χ4n) is 2.96. The summed E-state index contributed by atoms with van der Waals surface area (Å²) in [6.45, 7) is 1.98. The van der Waals surface area contributed by atoms with E-state index in [2.05, 4.69) is 20.3 Å². The maximum absolute atomic E-state index is 15.1. The van der Waals surface area contributed by atoms with Gasteiger partial charge in [0.1, 0.15) is 12.2 Å². The molecule has 10 nitrogen and oxygen atoms in total. The van der Waals surface area contributed by atoms with Crippen molar-refractivity contribution in [1.82, 2.24) is 19.5 Å². The summed E-state index contributed by atoms with van der Waals surface area (Å²) < 4.78 is 21.9. The van der Waals surface area contributed by atoms with Crippen LogP contribution in [0.5, 0.6) is 0 Å². The molecular formula is C15H21FN6O4.